The maximum absolute atomic E-state index is 10.9. The predicted octanol–water partition coefficient (Wildman–Crippen LogP) is 0.365. The monoisotopic (exact) mass is 176 g/mol. The van der Waals surface area contributed by atoms with Gasteiger partial charge in [0.2, 0.25) is 0 Å². The fraction of sp³-hybridized carbons (Fsp3) is 0.125. The van der Waals surface area contributed by atoms with Gasteiger partial charge in [-0.15, -0.1) is 0 Å². The molecule has 0 spiro atoms. The van der Waals surface area contributed by atoms with E-state index in [1.165, 1.54) is 6.33 Å². The molecule has 3 N–H and O–H groups in total. The highest BCUT2D eigenvalue weighted by atomic mass is 16.1. The average molecular weight is 176 g/mol. The Morgan fingerprint density at radius 2 is 2.31 bits per heavy atom. The zero-order valence-electron chi connectivity index (χ0n) is 7.03. The number of amides is 1. The van der Waals surface area contributed by atoms with E-state index in [0.717, 1.165) is 11.1 Å². The van der Waals surface area contributed by atoms with Gasteiger partial charge in [-0.2, -0.15) is 0 Å². The molecule has 0 unspecified atom stereocenters. The summed E-state index contributed by atoms with van der Waals surface area (Å²) in [5.41, 5.74) is 7.64. The zero-order valence-corrected chi connectivity index (χ0v) is 7.03. The number of carbonyl (C=O) groups excluding carboxylic acids is 1. The number of primary amides is 1. The highest BCUT2D eigenvalue weighted by Gasteiger charge is 2.11. The molecule has 0 aromatic carbocycles. The molecule has 13 heavy (non-hydrogen) atoms. The van der Waals surface area contributed by atoms with Crippen molar-refractivity contribution < 1.29 is 4.79 Å². The number of imidazole rings is 1. The van der Waals surface area contributed by atoms with Crippen LogP contribution in [0.2, 0.25) is 0 Å². The van der Waals surface area contributed by atoms with Crippen LogP contribution in [0.15, 0.2) is 12.5 Å². The second-order valence-electron chi connectivity index (χ2n) is 2.78. The molecular formula is C8H8N4O. The van der Waals surface area contributed by atoms with Crippen LogP contribution in [0.1, 0.15) is 16.1 Å². The lowest BCUT2D eigenvalue weighted by Crippen LogP contribution is -2.13. The number of carbonyl (C=O) groups is 1. The first-order chi connectivity index (χ1) is 6.20. The average Bonchev–Trinajstić information content (AvgIpc) is 2.53. The Hall–Kier alpha value is -1.91. The van der Waals surface area contributed by atoms with Crippen LogP contribution < -0.4 is 5.73 Å². The highest BCUT2D eigenvalue weighted by Crippen LogP contribution is 2.15. The van der Waals surface area contributed by atoms with Crippen LogP contribution >= 0.6 is 0 Å². The molecule has 0 bridgehead atoms. The molecule has 2 aromatic heterocycles. The largest absolute Gasteiger partial charge is 0.364 e. The van der Waals surface area contributed by atoms with E-state index in [-0.39, 0.29) is 5.69 Å². The normalized spacial score (nSPS) is 10.5. The molecule has 2 heterocycles. The van der Waals surface area contributed by atoms with E-state index in [4.69, 9.17) is 5.73 Å². The Morgan fingerprint density at radius 1 is 1.54 bits per heavy atom. The van der Waals surface area contributed by atoms with Gasteiger partial charge in [-0.3, -0.25) is 4.79 Å². The first-order valence-corrected chi connectivity index (χ1v) is 3.78. The van der Waals surface area contributed by atoms with Gasteiger partial charge in [0.25, 0.3) is 5.91 Å². The SMILES string of the molecule is Cc1cnc(C(N)=O)c2[nH]cnc12. The smallest absolute Gasteiger partial charge is 0.269 e. The summed E-state index contributed by atoms with van der Waals surface area (Å²) in [5, 5.41) is 0. The van der Waals surface area contributed by atoms with E-state index in [2.05, 4.69) is 15.0 Å². The van der Waals surface area contributed by atoms with Crippen LogP contribution in [0, 0.1) is 6.92 Å². The van der Waals surface area contributed by atoms with Crippen molar-refractivity contribution in [1.29, 1.82) is 0 Å². The lowest BCUT2D eigenvalue weighted by Gasteiger charge is -1.98. The number of fused-ring (bicyclic) bond motifs is 1. The minimum Gasteiger partial charge on any atom is -0.364 e. The van der Waals surface area contributed by atoms with Crippen LogP contribution in [0.4, 0.5) is 0 Å². The van der Waals surface area contributed by atoms with Crippen LogP contribution in [-0.4, -0.2) is 20.9 Å². The Labute approximate surface area is 74.0 Å². The third kappa shape index (κ3) is 1.05. The van der Waals surface area contributed by atoms with Gasteiger partial charge in [0.15, 0.2) is 5.69 Å². The number of nitrogens with zero attached hydrogens (tertiary/aromatic N) is 2. The zero-order chi connectivity index (χ0) is 9.42. The van der Waals surface area contributed by atoms with E-state index >= 15 is 0 Å². The molecular weight excluding hydrogens is 168 g/mol. The third-order valence-electron chi connectivity index (χ3n) is 1.87. The van der Waals surface area contributed by atoms with Gasteiger partial charge in [0, 0.05) is 6.20 Å². The standard InChI is InChI=1S/C8H8N4O/c1-4-2-10-7(8(9)13)6-5(4)11-3-12-6/h2-3H,1H3,(H2,9,13)(H,11,12). The van der Waals surface area contributed by atoms with Gasteiger partial charge in [-0.1, -0.05) is 0 Å². The lowest BCUT2D eigenvalue weighted by atomic mass is 10.2. The number of aromatic nitrogens is 3. The molecule has 0 aliphatic carbocycles. The van der Waals surface area contributed by atoms with Crippen molar-refractivity contribution in [2.75, 3.05) is 0 Å². The summed E-state index contributed by atoms with van der Waals surface area (Å²) >= 11 is 0. The Bertz CT molecular complexity index is 474. The van der Waals surface area contributed by atoms with Crippen LogP contribution in [0.5, 0.6) is 0 Å². The molecule has 0 saturated heterocycles. The van der Waals surface area contributed by atoms with Crippen LogP contribution in [0.25, 0.3) is 11.0 Å². The number of aryl methyl sites for hydroxylation is 1. The van der Waals surface area contributed by atoms with E-state index in [1.54, 1.807) is 6.20 Å². The fourth-order valence-corrected chi connectivity index (χ4v) is 1.25. The molecule has 2 rings (SSSR count). The van der Waals surface area contributed by atoms with Crippen molar-refractivity contribution in [2.24, 2.45) is 5.73 Å². The van der Waals surface area contributed by atoms with Gasteiger partial charge in [-0.05, 0) is 12.5 Å². The molecule has 0 fully saturated rings. The minimum atomic E-state index is -0.547. The van der Waals surface area contributed by atoms with Gasteiger partial charge in [0.1, 0.15) is 0 Å². The summed E-state index contributed by atoms with van der Waals surface area (Å²) in [5.74, 6) is -0.547. The van der Waals surface area contributed by atoms with Crippen LogP contribution in [0.3, 0.4) is 0 Å². The highest BCUT2D eigenvalue weighted by molar-refractivity contribution is 6.02. The summed E-state index contributed by atoms with van der Waals surface area (Å²) in [6.07, 6.45) is 3.11. The number of aromatic amines is 1. The fourth-order valence-electron chi connectivity index (χ4n) is 1.25. The number of nitrogens with two attached hydrogens (primary N) is 1. The second kappa shape index (κ2) is 2.55. The van der Waals surface area contributed by atoms with Crippen molar-refractivity contribution in [3.05, 3.63) is 23.8 Å². The molecule has 0 aliphatic heterocycles. The molecule has 0 radical (unpaired) electrons. The van der Waals surface area contributed by atoms with E-state index in [9.17, 15) is 4.79 Å². The summed E-state index contributed by atoms with van der Waals surface area (Å²) in [6.45, 7) is 1.88. The minimum absolute atomic E-state index is 0.234. The van der Waals surface area contributed by atoms with Gasteiger partial charge in [-0.25, -0.2) is 9.97 Å². The lowest BCUT2D eigenvalue weighted by molar-refractivity contribution is 0.0997. The number of hydrogen-bond acceptors (Lipinski definition) is 3. The molecule has 0 atom stereocenters. The van der Waals surface area contributed by atoms with Crippen molar-refractivity contribution in [2.45, 2.75) is 6.92 Å². The Morgan fingerprint density at radius 3 is 3.00 bits per heavy atom. The molecule has 1 amide bonds. The van der Waals surface area contributed by atoms with Crippen molar-refractivity contribution >= 4 is 16.9 Å². The number of pyridine rings is 1. The predicted molar refractivity (Wildman–Crippen MR) is 47.1 cm³/mol. The van der Waals surface area contributed by atoms with Gasteiger partial charge >= 0.3 is 0 Å². The summed E-state index contributed by atoms with van der Waals surface area (Å²) in [4.78, 5) is 21.8. The summed E-state index contributed by atoms with van der Waals surface area (Å²) < 4.78 is 0. The third-order valence-corrected chi connectivity index (χ3v) is 1.87. The maximum Gasteiger partial charge on any atom is 0.269 e. The molecule has 2 aromatic rings. The number of nitrogens with one attached hydrogen (secondary N) is 1. The van der Waals surface area contributed by atoms with Crippen molar-refractivity contribution in [3.63, 3.8) is 0 Å². The quantitative estimate of drug-likeness (QED) is 0.658. The first kappa shape index (κ1) is 7.72. The molecule has 5 heteroatoms. The summed E-state index contributed by atoms with van der Waals surface area (Å²) in [7, 11) is 0. The van der Waals surface area contributed by atoms with E-state index < -0.39 is 5.91 Å². The first-order valence-electron chi connectivity index (χ1n) is 3.78. The van der Waals surface area contributed by atoms with Crippen molar-refractivity contribution in [1.82, 2.24) is 15.0 Å². The number of hydrogen-bond donors (Lipinski definition) is 2. The van der Waals surface area contributed by atoms with E-state index in [1.807, 2.05) is 6.92 Å². The van der Waals surface area contributed by atoms with Crippen LogP contribution in [-0.2, 0) is 0 Å². The second-order valence-corrected chi connectivity index (χ2v) is 2.78. The summed E-state index contributed by atoms with van der Waals surface area (Å²) in [6, 6.07) is 0. The van der Waals surface area contributed by atoms with Crippen molar-refractivity contribution in [3.8, 4) is 0 Å². The van der Waals surface area contributed by atoms with Gasteiger partial charge in [0.05, 0.1) is 17.4 Å². The topological polar surface area (TPSA) is 84.7 Å². The molecule has 0 aliphatic rings. The number of H-pyrrole nitrogens is 1. The maximum atomic E-state index is 10.9. The molecule has 66 valence electrons. The molecule has 0 saturated carbocycles. The Balaban J connectivity index is 2.86. The molecule has 5 nitrogen and oxygen atoms in total. The number of rotatable bonds is 1. The Kier molecular flexibility index (Phi) is 1.51. The van der Waals surface area contributed by atoms with E-state index in [0.29, 0.717) is 5.52 Å². The van der Waals surface area contributed by atoms with Gasteiger partial charge < -0.3 is 10.7 Å².